The fraction of sp³-hybridized carbons (Fsp3) is 0.769. The van der Waals surface area contributed by atoms with Crippen molar-refractivity contribution in [1.82, 2.24) is 15.1 Å². The SMILES string of the molecule is CCCNC(C)c1cnn(CCS(=O)(=O)CCC)c1. The smallest absolute Gasteiger partial charge is 0.152 e. The van der Waals surface area contributed by atoms with Gasteiger partial charge >= 0.3 is 0 Å². The van der Waals surface area contributed by atoms with Crippen molar-refractivity contribution in [3.8, 4) is 0 Å². The molecule has 0 radical (unpaired) electrons. The molecule has 0 bridgehead atoms. The highest BCUT2D eigenvalue weighted by atomic mass is 32.2. The summed E-state index contributed by atoms with van der Waals surface area (Å²) in [5.41, 5.74) is 1.10. The molecule has 0 saturated carbocycles. The number of aromatic nitrogens is 2. The number of hydrogen-bond acceptors (Lipinski definition) is 4. The van der Waals surface area contributed by atoms with E-state index in [2.05, 4.69) is 24.3 Å². The van der Waals surface area contributed by atoms with Gasteiger partial charge in [0, 0.05) is 23.6 Å². The first kappa shape index (κ1) is 16.2. The molecule has 1 aromatic rings. The van der Waals surface area contributed by atoms with Crippen molar-refractivity contribution in [1.29, 1.82) is 0 Å². The summed E-state index contributed by atoms with van der Waals surface area (Å²) in [6.07, 6.45) is 5.49. The minimum atomic E-state index is -2.93. The first-order chi connectivity index (χ1) is 8.98. The van der Waals surface area contributed by atoms with Crippen molar-refractivity contribution >= 4 is 9.84 Å². The average molecular weight is 287 g/mol. The highest BCUT2D eigenvalue weighted by Crippen LogP contribution is 2.10. The summed E-state index contributed by atoms with van der Waals surface area (Å²) in [6, 6.07) is 0.251. The van der Waals surface area contributed by atoms with Crippen LogP contribution in [0.5, 0.6) is 0 Å². The molecular formula is C13H25N3O2S. The predicted octanol–water partition coefficient (Wildman–Crippen LogP) is 1.77. The zero-order valence-electron chi connectivity index (χ0n) is 12.1. The molecule has 0 aromatic carbocycles. The normalized spacial score (nSPS) is 13.6. The number of nitrogens with zero attached hydrogens (tertiary/aromatic N) is 2. The quantitative estimate of drug-likeness (QED) is 0.752. The second kappa shape index (κ2) is 7.65. The van der Waals surface area contributed by atoms with E-state index in [-0.39, 0.29) is 17.5 Å². The summed E-state index contributed by atoms with van der Waals surface area (Å²) < 4.78 is 25.0. The molecule has 1 aromatic heterocycles. The maximum atomic E-state index is 11.6. The fourth-order valence-electron chi connectivity index (χ4n) is 1.85. The third-order valence-electron chi connectivity index (χ3n) is 3.00. The number of rotatable bonds is 9. The van der Waals surface area contributed by atoms with Crippen LogP contribution in [0, 0.1) is 0 Å². The highest BCUT2D eigenvalue weighted by Gasteiger charge is 2.11. The topological polar surface area (TPSA) is 64.0 Å². The maximum Gasteiger partial charge on any atom is 0.152 e. The summed E-state index contributed by atoms with van der Waals surface area (Å²) in [5.74, 6) is 0.425. The van der Waals surface area contributed by atoms with Gasteiger partial charge in [0.25, 0.3) is 0 Å². The van der Waals surface area contributed by atoms with Gasteiger partial charge in [0.15, 0.2) is 9.84 Å². The standard InChI is InChI=1S/C13H25N3O2S/c1-4-6-14-12(3)13-10-15-16(11-13)7-9-19(17,18)8-5-2/h10-12,14H,4-9H2,1-3H3. The van der Waals surface area contributed by atoms with E-state index in [0.29, 0.717) is 13.0 Å². The van der Waals surface area contributed by atoms with Gasteiger partial charge in [-0.1, -0.05) is 13.8 Å². The summed E-state index contributed by atoms with van der Waals surface area (Å²) in [6.45, 7) is 7.50. The summed E-state index contributed by atoms with van der Waals surface area (Å²) in [4.78, 5) is 0. The molecule has 0 aliphatic carbocycles. The van der Waals surface area contributed by atoms with Crippen molar-refractivity contribution in [2.24, 2.45) is 0 Å². The lowest BCUT2D eigenvalue weighted by molar-refractivity contribution is 0.567. The Kier molecular flexibility index (Phi) is 6.51. The molecule has 1 heterocycles. The Morgan fingerprint density at radius 2 is 2.05 bits per heavy atom. The van der Waals surface area contributed by atoms with Crippen molar-refractivity contribution in [2.45, 2.75) is 46.2 Å². The predicted molar refractivity (Wildman–Crippen MR) is 77.9 cm³/mol. The molecule has 1 N–H and O–H groups in total. The molecule has 1 rings (SSSR count). The van der Waals surface area contributed by atoms with E-state index < -0.39 is 9.84 Å². The number of nitrogens with one attached hydrogen (secondary N) is 1. The first-order valence-corrected chi connectivity index (χ1v) is 8.76. The van der Waals surface area contributed by atoms with Gasteiger partial charge in [0.1, 0.15) is 0 Å². The largest absolute Gasteiger partial charge is 0.310 e. The van der Waals surface area contributed by atoms with Gasteiger partial charge in [-0.15, -0.1) is 0 Å². The summed E-state index contributed by atoms with van der Waals surface area (Å²) in [7, 11) is -2.93. The van der Waals surface area contributed by atoms with Crippen LogP contribution in [0.4, 0.5) is 0 Å². The molecule has 1 unspecified atom stereocenters. The number of sulfone groups is 1. The first-order valence-electron chi connectivity index (χ1n) is 6.94. The zero-order chi connectivity index (χ0) is 14.3. The lowest BCUT2D eigenvalue weighted by Gasteiger charge is -2.10. The summed E-state index contributed by atoms with van der Waals surface area (Å²) >= 11 is 0. The zero-order valence-corrected chi connectivity index (χ0v) is 12.9. The van der Waals surface area contributed by atoms with Crippen molar-refractivity contribution in [2.75, 3.05) is 18.1 Å². The van der Waals surface area contributed by atoms with Gasteiger partial charge in [-0.25, -0.2) is 8.42 Å². The Labute approximate surface area is 116 Å². The number of hydrogen-bond donors (Lipinski definition) is 1. The van der Waals surface area contributed by atoms with Crippen LogP contribution in [0.3, 0.4) is 0 Å². The monoisotopic (exact) mass is 287 g/mol. The van der Waals surface area contributed by atoms with Gasteiger partial charge in [-0.2, -0.15) is 5.10 Å². The van der Waals surface area contributed by atoms with Crippen LogP contribution in [0.25, 0.3) is 0 Å². The van der Waals surface area contributed by atoms with E-state index in [1.807, 2.05) is 13.1 Å². The van der Waals surface area contributed by atoms with Gasteiger partial charge in [-0.3, -0.25) is 4.68 Å². The van der Waals surface area contributed by atoms with Gasteiger partial charge in [0.2, 0.25) is 0 Å². The average Bonchev–Trinajstić information content (AvgIpc) is 2.82. The lowest BCUT2D eigenvalue weighted by Crippen LogP contribution is -2.19. The molecule has 1 atom stereocenters. The summed E-state index contributed by atoms with van der Waals surface area (Å²) in [5, 5.41) is 7.60. The lowest BCUT2D eigenvalue weighted by atomic mass is 10.2. The van der Waals surface area contributed by atoms with E-state index in [0.717, 1.165) is 18.5 Å². The van der Waals surface area contributed by atoms with Crippen molar-refractivity contribution in [3.63, 3.8) is 0 Å². The van der Waals surface area contributed by atoms with E-state index in [1.165, 1.54) is 0 Å². The third-order valence-corrected chi connectivity index (χ3v) is 4.84. The van der Waals surface area contributed by atoms with Crippen LogP contribution < -0.4 is 5.32 Å². The molecule has 0 spiro atoms. The molecule has 19 heavy (non-hydrogen) atoms. The Bertz CT molecular complexity index is 468. The minimum Gasteiger partial charge on any atom is -0.310 e. The van der Waals surface area contributed by atoms with Gasteiger partial charge in [0.05, 0.1) is 18.5 Å². The Morgan fingerprint density at radius 3 is 2.68 bits per heavy atom. The van der Waals surface area contributed by atoms with Crippen molar-refractivity contribution < 1.29 is 8.42 Å². The third kappa shape index (κ3) is 5.74. The Hall–Kier alpha value is -0.880. The van der Waals surface area contributed by atoms with Crippen LogP contribution >= 0.6 is 0 Å². The second-order valence-electron chi connectivity index (χ2n) is 4.86. The molecule has 5 nitrogen and oxygen atoms in total. The van der Waals surface area contributed by atoms with E-state index in [4.69, 9.17) is 0 Å². The molecule has 0 amide bonds. The molecule has 0 fully saturated rings. The Balaban J connectivity index is 2.51. The van der Waals surface area contributed by atoms with E-state index >= 15 is 0 Å². The highest BCUT2D eigenvalue weighted by molar-refractivity contribution is 7.91. The molecular weight excluding hydrogens is 262 g/mol. The van der Waals surface area contributed by atoms with Gasteiger partial charge < -0.3 is 5.32 Å². The van der Waals surface area contributed by atoms with Crippen LogP contribution in [-0.4, -0.2) is 36.2 Å². The van der Waals surface area contributed by atoms with Crippen LogP contribution in [0.1, 0.15) is 45.2 Å². The molecule has 0 aliphatic rings. The molecule has 110 valence electrons. The molecule has 0 aliphatic heterocycles. The van der Waals surface area contributed by atoms with Gasteiger partial charge in [-0.05, 0) is 26.3 Å². The number of aryl methyl sites for hydroxylation is 1. The van der Waals surface area contributed by atoms with Crippen LogP contribution in [0.2, 0.25) is 0 Å². The fourth-order valence-corrected chi connectivity index (χ4v) is 3.14. The van der Waals surface area contributed by atoms with Crippen LogP contribution in [-0.2, 0) is 16.4 Å². The van der Waals surface area contributed by atoms with Crippen molar-refractivity contribution in [3.05, 3.63) is 18.0 Å². The molecule has 0 saturated heterocycles. The minimum absolute atomic E-state index is 0.165. The van der Waals surface area contributed by atoms with E-state index in [1.54, 1.807) is 10.9 Å². The maximum absolute atomic E-state index is 11.6. The molecule has 6 heteroatoms. The van der Waals surface area contributed by atoms with Crippen LogP contribution in [0.15, 0.2) is 12.4 Å². The Morgan fingerprint density at radius 1 is 1.32 bits per heavy atom. The van der Waals surface area contributed by atoms with E-state index in [9.17, 15) is 8.42 Å². The second-order valence-corrected chi connectivity index (χ2v) is 7.17.